The molecule has 0 atom stereocenters. The first-order valence-corrected chi connectivity index (χ1v) is 10.1. The zero-order valence-corrected chi connectivity index (χ0v) is 17.9. The normalized spacial score (nSPS) is 11.2. The summed E-state index contributed by atoms with van der Waals surface area (Å²) in [6, 6.07) is 19.2. The van der Waals surface area contributed by atoms with Crippen molar-refractivity contribution in [1.82, 2.24) is 9.55 Å². The van der Waals surface area contributed by atoms with E-state index in [4.69, 9.17) is 9.72 Å². The van der Waals surface area contributed by atoms with Crippen molar-refractivity contribution in [3.63, 3.8) is 0 Å². The van der Waals surface area contributed by atoms with Crippen molar-refractivity contribution < 1.29 is 4.74 Å². The number of fused-ring (bicyclic) bond motifs is 1. The first-order valence-electron chi connectivity index (χ1n) is 10.1. The van der Waals surface area contributed by atoms with E-state index in [9.17, 15) is 0 Å². The molecule has 4 rings (SSSR count). The third kappa shape index (κ3) is 3.91. The molecule has 3 nitrogen and oxygen atoms in total. The van der Waals surface area contributed by atoms with Gasteiger partial charge in [-0.25, -0.2) is 4.98 Å². The topological polar surface area (TPSA) is 27.1 Å². The van der Waals surface area contributed by atoms with Crippen LogP contribution in [0.4, 0.5) is 0 Å². The number of hydrogen-bond donors (Lipinski definition) is 0. The Hall–Kier alpha value is -3.07. The average Bonchev–Trinajstić information content (AvgIpc) is 3.02. The Morgan fingerprint density at radius 1 is 0.793 bits per heavy atom. The van der Waals surface area contributed by atoms with Crippen molar-refractivity contribution in [2.45, 2.75) is 47.8 Å². The summed E-state index contributed by atoms with van der Waals surface area (Å²) in [5.41, 5.74) is 9.79. The van der Waals surface area contributed by atoms with Crippen LogP contribution in [0.25, 0.3) is 11.0 Å². The van der Waals surface area contributed by atoms with Crippen LogP contribution >= 0.6 is 0 Å². The van der Waals surface area contributed by atoms with Gasteiger partial charge in [-0.1, -0.05) is 42.0 Å². The molecule has 0 saturated carbocycles. The molecule has 3 heteroatoms. The lowest BCUT2D eigenvalue weighted by Crippen LogP contribution is -2.10. The van der Waals surface area contributed by atoms with E-state index >= 15 is 0 Å². The molecular weight excluding hydrogens is 356 g/mol. The molecule has 3 aromatic carbocycles. The highest BCUT2D eigenvalue weighted by Gasteiger charge is 2.14. The number of benzene rings is 3. The Bertz CT molecular complexity index is 1160. The van der Waals surface area contributed by atoms with E-state index in [1.54, 1.807) is 0 Å². The zero-order chi connectivity index (χ0) is 20.5. The van der Waals surface area contributed by atoms with Gasteiger partial charge in [-0.2, -0.15) is 0 Å². The molecule has 0 N–H and O–H groups in total. The van der Waals surface area contributed by atoms with Crippen molar-refractivity contribution in [2.75, 3.05) is 0 Å². The summed E-state index contributed by atoms with van der Waals surface area (Å²) in [5, 5.41) is 0. The molecule has 1 aromatic heterocycles. The third-order valence-electron chi connectivity index (χ3n) is 5.59. The van der Waals surface area contributed by atoms with Crippen molar-refractivity contribution in [3.8, 4) is 5.75 Å². The SMILES string of the molecule is Cc1cc(C)c(Cn2c(COc3cc(C)ccc3C)nc3ccccc32)c(C)c1. The fourth-order valence-corrected chi connectivity index (χ4v) is 4.03. The molecule has 0 aliphatic heterocycles. The highest BCUT2D eigenvalue weighted by Crippen LogP contribution is 2.25. The van der Waals surface area contributed by atoms with Crippen LogP contribution in [0.5, 0.6) is 5.75 Å². The van der Waals surface area contributed by atoms with Crippen LogP contribution in [0.1, 0.15) is 39.2 Å². The van der Waals surface area contributed by atoms with Crippen LogP contribution < -0.4 is 4.74 Å². The molecule has 1 heterocycles. The number of hydrogen-bond acceptors (Lipinski definition) is 2. The smallest absolute Gasteiger partial charge is 0.148 e. The van der Waals surface area contributed by atoms with Gasteiger partial charge in [0.2, 0.25) is 0 Å². The van der Waals surface area contributed by atoms with E-state index in [0.717, 1.165) is 34.7 Å². The van der Waals surface area contributed by atoms with Gasteiger partial charge in [0.1, 0.15) is 18.2 Å². The minimum absolute atomic E-state index is 0.447. The summed E-state index contributed by atoms with van der Waals surface area (Å²) in [6.07, 6.45) is 0. The highest BCUT2D eigenvalue weighted by molar-refractivity contribution is 5.76. The number of imidazole rings is 1. The molecule has 0 radical (unpaired) electrons. The fourth-order valence-electron chi connectivity index (χ4n) is 4.03. The quantitative estimate of drug-likeness (QED) is 0.409. The molecule has 0 aliphatic carbocycles. The molecule has 0 aliphatic rings. The fraction of sp³-hybridized carbons (Fsp3) is 0.269. The first kappa shape index (κ1) is 19.3. The summed E-state index contributed by atoms with van der Waals surface area (Å²) in [7, 11) is 0. The van der Waals surface area contributed by atoms with Crippen LogP contribution in [0.2, 0.25) is 0 Å². The molecule has 0 amide bonds. The Morgan fingerprint density at radius 2 is 1.52 bits per heavy atom. The zero-order valence-electron chi connectivity index (χ0n) is 17.9. The summed E-state index contributed by atoms with van der Waals surface area (Å²) in [5.74, 6) is 1.87. The summed E-state index contributed by atoms with van der Waals surface area (Å²) >= 11 is 0. The monoisotopic (exact) mass is 384 g/mol. The maximum atomic E-state index is 6.21. The van der Waals surface area contributed by atoms with Gasteiger partial charge in [-0.15, -0.1) is 0 Å². The predicted octanol–water partition coefficient (Wildman–Crippen LogP) is 6.21. The summed E-state index contributed by atoms with van der Waals surface area (Å²) < 4.78 is 8.50. The second kappa shape index (κ2) is 7.75. The van der Waals surface area contributed by atoms with E-state index in [1.165, 1.54) is 27.8 Å². The molecule has 0 unspecified atom stereocenters. The molecule has 4 aromatic rings. The molecule has 0 saturated heterocycles. The van der Waals surface area contributed by atoms with Crippen LogP contribution in [0.3, 0.4) is 0 Å². The standard InChI is InChI=1S/C26H28N2O/c1-17-10-11-19(3)25(14-17)29-16-26-27-23-8-6-7-9-24(23)28(26)15-22-20(4)12-18(2)13-21(22)5/h6-14H,15-16H2,1-5H3. The molecule has 148 valence electrons. The lowest BCUT2D eigenvalue weighted by atomic mass is 10.00. The maximum Gasteiger partial charge on any atom is 0.148 e. The van der Waals surface area contributed by atoms with Crippen LogP contribution in [0, 0.1) is 34.6 Å². The number of aryl methyl sites for hydroxylation is 5. The Morgan fingerprint density at radius 3 is 2.28 bits per heavy atom. The highest BCUT2D eigenvalue weighted by atomic mass is 16.5. The number of rotatable bonds is 5. The predicted molar refractivity (Wildman–Crippen MR) is 120 cm³/mol. The average molecular weight is 385 g/mol. The largest absolute Gasteiger partial charge is 0.485 e. The van der Waals surface area contributed by atoms with Gasteiger partial charge < -0.3 is 9.30 Å². The lowest BCUT2D eigenvalue weighted by Gasteiger charge is -2.16. The Balaban J connectivity index is 1.72. The van der Waals surface area contributed by atoms with Gasteiger partial charge in [0.25, 0.3) is 0 Å². The minimum Gasteiger partial charge on any atom is -0.485 e. The van der Waals surface area contributed by atoms with Crippen LogP contribution in [-0.2, 0) is 13.2 Å². The van der Waals surface area contributed by atoms with E-state index in [-0.39, 0.29) is 0 Å². The lowest BCUT2D eigenvalue weighted by molar-refractivity contribution is 0.289. The van der Waals surface area contributed by atoms with Crippen LogP contribution in [-0.4, -0.2) is 9.55 Å². The van der Waals surface area contributed by atoms with Crippen molar-refractivity contribution in [2.24, 2.45) is 0 Å². The van der Waals surface area contributed by atoms with Crippen LogP contribution in [0.15, 0.2) is 54.6 Å². The molecule has 29 heavy (non-hydrogen) atoms. The molecular formula is C26H28N2O. The number of ether oxygens (including phenoxy) is 1. The van der Waals surface area contributed by atoms with Gasteiger partial charge in [0.15, 0.2) is 0 Å². The van der Waals surface area contributed by atoms with Gasteiger partial charge in [0, 0.05) is 6.54 Å². The summed E-state index contributed by atoms with van der Waals surface area (Å²) in [4.78, 5) is 4.89. The maximum absolute atomic E-state index is 6.21. The Kier molecular flexibility index (Phi) is 5.14. The molecule has 0 bridgehead atoms. The molecule has 0 spiro atoms. The molecule has 0 fully saturated rings. The second-order valence-electron chi connectivity index (χ2n) is 8.04. The van der Waals surface area contributed by atoms with Crippen molar-refractivity contribution in [3.05, 3.63) is 93.8 Å². The van der Waals surface area contributed by atoms with Gasteiger partial charge in [-0.05, 0) is 80.6 Å². The van der Waals surface area contributed by atoms with E-state index in [0.29, 0.717) is 6.61 Å². The second-order valence-corrected chi connectivity index (χ2v) is 8.04. The van der Waals surface area contributed by atoms with Gasteiger partial charge in [0.05, 0.1) is 11.0 Å². The number of nitrogens with zero attached hydrogens (tertiary/aromatic N) is 2. The number of para-hydroxylation sites is 2. The van der Waals surface area contributed by atoms with Gasteiger partial charge >= 0.3 is 0 Å². The van der Waals surface area contributed by atoms with Gasteiger partial charge in [-0.3, -0.25) is 0 Å². The van der Waals surface area contributed by atoms with Crippen molar-refractivity contribution in [1.29, 1.82) is 0 Å². The first-order chi connectivity index (χ1) is 13.9. The van der Waals surface area contributed by atoms with E-state index in [1.807, 2.05) is 6.07 Å². The summed E-state index contributed by atoms with van der Waals surface area (Å²) in [6.45, 7) is 12.0. The van der Waals surface area contributed by atoms with E-state index in [2.05, 4.69) is 87.7 Å². The third-order valence-corrected chi connectivity index (χ3v) is 5.59. The van der Waals surface area contributed by atoms with E-state index < -0.39 is 0 Å². The van der Waals surface area contributed by atoms with Crippen molar-refractivity contribution >= 4 is 11.0 Å². The number of aromatic nitrogens is 2. The Labute approximate surface area is 173 Å². The minimum atomic E-state index is 0.447.